The molecular formula is C12H4Br2Cl2O2. The fraction of sp³-hybridized carbons (Fsp3) is 0. The number of hydrogen-bond acceptors (Lipinski definition) is 2. The molecule has 0 saturated carbocycles. The minimum Gasteiger partial charge on any atom is -0.449 e. The lowest BCUT2D eigenvalue weighted by Crippen LogP contribution is -2.00. The summed E-state index contributed by atoms with van der Waals surface area (Å²) in [5.41, 5.74) is 0. The van der Waals surface area contributed by atoms with Crippen LogP contribution in [0.1, 0.15) is 0 Å². The quantitative estimate of drug-likeness (QED) is 0.426. The van der Waals surface area contributed by atoms with E-state index in [1.165, 1.54) is 0 Å². The van der Waals surface area contributed by atoms with Crippen molar-refractivity contribution in [3.63, 3.8) is 0 Å². The van der Waals surface area contributed by atoms with Crippen LogP contribution in [0.25, 0.3) is 0 Å². The number of ether oxygens (including phenoxy) is 2. The van der Waals surface area contributed by atoms with Crippen LogP contribution in [0.5, 0.6) is 23.0 Å². The predicted octanol–water partition coefficient (Wildman–Crippen LogP) is 6.42. The third-order valence-corrected chi connectivity index (χ3v) is 4.96. The maximum Gasteiger partial charge on any atom is 0.185 e. The first-order valence-electron chi connectivity index (χ1n) is 4.89. The summed E-state index contributed by atoms with van der Waals surface area (Å²) in [6.45, 7) is 0. The smallest absolute Gasteiger partial charge is 0.185 e. The number of rotatable bonds is 0. The van der Waals surface area contributed by atoms with Gasteiger partial charge in [0.2, 0.25) is 0 Å². The predicted molar refractivity (Wildman–Crippen MR) is 78.5 cm³/mol. The highest BCUT2D eigenvalue weighted by molar-refractivity contribution is 9.11. The van der Waals surface area contributed by atoms with E-state index < -0.39 is 0 Å². The zero-order chi connectivity index (χ0) is 12.9. The van der Waals surface area contributed by atoms with Gasteiger partial charge in [-0.2, -0.15) is 0 Å². The summed E-state index contributed by atoms with van der Waals surface area (Å²) in [4.78, 5) is 0. The molecule has 2 aromatic carbocycles. The summed E-state index contributed by atoms with van der Waals surface area (Å²) in [5.74, 6) is 2.31. The van der Waals surface area contributed by atoms with Crippen molar-refractivity contribution in [3.8, 4) is 23.0 Å². The van der Waals surface area contributed by atoms with Crippen molar-refractivity contribution in [3.05, 3.63) is 43.3 Å². The number of benzene rings is 2. The second-order valence-electron chi connectivity index (χ2n) is 3.61. The summed E-state index contributed by atoms with van der Waals surface area (Å²) < 4.78 is 12.9. The van der Waals surface area contributed by atoms with E-state index in [9.17, 15) is 0 Å². The van der Waals surface area contributed by atoms with Gasteiger partial charge in [0.1, 0.15) is 0 Å². The molecule has 0 bridgehead atoms. The number of hydrogen-bond donors (Lipinski definition) is 0. The maximum absolute atomic E-state index is 6.02. The van der Waals surface area contributed by atoms with Crippen LogP contribution in [-0.2, 0) is 0 Å². The molecular weight excluding hydrogens is 407 g/mol. The van der Waals surface area contributed by atoms with Crippen LogP contribution in [0.2, 0.25) is 10.0 Å². The molecule has 0 atom stereocenters. The van der Waals surface area contributed by atoms with Crippen molar-refractivity contribution in [2.24, 2.45) is 0 Å². The molecule has 1 aliphatic rings. The Kier molecular flexibility index (Phi) is 3.22. The standard InChI is InChI=1S/C12H4Br2Cl2O2/c13-5-3-9-10(4-7(5)16)18-12-8(17-9)2-1-6(15)11(12)14/h1-4H. The lowest BCUT2D eigenvalue weighted by atomic mass is 10.2. The normalized spacial score (nSPS) is 12.2. The number of halogens is 4. The molecule has 2 aromatic rings. The molecule has 0 radical (unpaired) electrons. The van der Waals surface area contributed by atoms with Crippen LogP contribution >= 0.6 is 55.1 Å². The van der Waals surface area contributed by atoms with Gasteiger partial charge in [0, 0.05) is 16.6 Å². The molecule has 1 heterocycles. The van der Waals surface area contributed by atoms with Gasteiger partial charge in [-0.05, 0) is 44.0 Å². The molecule has 0 amide bonds. The summed E-state index contributed by atoms with van der Waals surface area (Å²) in [6.07, 6.45) is 0. The van der Waals surface area contributed by atoms with Crippen molar-refractivity contribution in [1.29, 1.82) is 0 Å². The zero-order valence-corrected chi connectivity index (χ0v) is 13.3. The minimum absolute atomic E-state index is 0.549. The van der Waals surface area contributed by atoms with Crippen molar-refractivity contribution in [2.75, 3.05) is 0 Å². The van der Waals surface area contributed by atoms with Gasteiger partial charge in [0.05, 0.1) is 14.5 Å². The Morgan fingerprint density at radius 2 is 1.56 bits per heavy atom. The Morgan fingerprint density at radius 1 is 0.833 bits per heavy atom. The Bertz CT molecular complexity index is 659. The average molecular weight is 411 g/mol. The van der Waals surface area contributed by atoms with Crippen LogP contribution < -0.4 is 9.47 Å². The van der Waals surface area contributed by atoms with E-state index in [2.05, 4.69) is 31.9 Å². The minimum atomic E-state index is 0.549. The van der Waals surface area contributed by atoms with Gasteiger partial charge in [0.25, 0.3) is 0 Å². The van der Waals surface area contributed by atoms with Gasteiger partial charge in [-0.15, -0.1) is 0 Å². The van der Waals surface area contributed by atoms with Gasteiger partial charge >= 0.3 is 0 Å². The van der Waals surface area contributed by atoms with E-state index in [-0.39, 0.29) is 0 Å². The van der Waals surface area contributed by atoms with Crippen LogP contribution in [0.3, 0.4) is 0 Å². The van der Waals surface area contributed by atoms with Gasteiger partial charge in [-0.1, -0.05) is 23.2 Å². The third-order valence-electron chi connectivity index (χ3n) is 2.43. The first-order valence-corrected chi connectivity index (χ1v) is 7.23. The second-order valence-corrected chi connectivity index (χ2v) is 6.07. The lowest BCUT2D eigenvalue weighted by Gasteiger charge is -2.22. The van der Waals surface area contributed by atoms with Crippen LogP contribution in [-0.4, -0.2) is 0 Å². The van der Waals surface area contributed by atoms with Crippen molar-refractivity contribution >= 4 is 55.1 Å². The van der Waals surface area contributed by atoms with Gasteiger partial charge < -0.3 is 9.47 Å². The third kappa shape index (κ3) is 2.01. The molecule has 0 aromatic heterocycles. The zero-order valence-electron chi connectivity index (χ0n) is 8.64. The molecule has 6 heteroatoms. The van der Waals surface area contributed by atoms with Crippen molar-refractivity contribution in [2.45, 2.75) is 0 Å². The summed E-state index contributed by atoms with van der Waals surface area (Å²) in [6, 6.07) is 6.96. The molecule has 18 heavy (non-hydrogen) atoms. The van der Waals surface area contributed by atoms with E-state index in [1.54, 1.807) is 24.3 Å². The monoisotopic (exact) mass is 408 g/mol. The molecule has 0 unspecified atom stereocenters. The Labute approximate surface area is 130 Å². The van der Waals surface area contributed by atoms with Crippen LogP contribution in [0.4, 0.5) is 0 Å². The van der Waals surface area contributed by atoms with E-state index in [1.807, 2.05) is 0 Å². The topological polar surface area (TPSA) is 18.5 Å². The average Bonchev–Trinajstić information content (AvgIpc) is 2.34. The molecule has 92 valence electrons. The molecule has 0 saturated heterocycles. The summed E-state index contributed by atoms with van der Waals surface area (Å²) in [7, 11) is 0. The molecule has 3 rings (SSSR count). The van der Waals surface area contributed by atoms with Crippen molar-refractivity contribution < 1.29 is 9.47 Å². The lowest BCUT2D eigenvalue weighted by molar-refractivity contribution is 0.357. The fourth-order valence-corrected chi connectivity index (χ4v) is 2.62. The molecule has 0 spiro atoms. The van der Waals surface area contributed by atoms with E-state index >= 15 is 0 Å². The maximum atomic E-state index is 6.02. The molecule has 2 nitrogen and oxygen atoms in total. The Morgan fingerprint density at radius 3 is 2.33 bits per heavy atom. The fourth-order valence-electron chi connectivity index (χ4n) is 1.59. The Balaban J connectivity index is 2.15. The molecule has 1 aliphatic heterocycles. The first kappa shape index (κ1) is 12.6. The number of fused-ring (bicyclic) bond motifs is 2. The molecule has 0 fully saturated rings. The van der Waals surface area contributed by atoms with Crippen LogP contribution in [0, 0.1) is 0 Å². The Hall–Kier alpha value is -0.420. The van der Waals surface area contributed by atoms with Gasteiger partial charge in [-0.25, -0.2) is 0 Å². The van der Waals surface area contributed by atoms with Gasteiger partial charge in [0.15, 0.2) is 23.0 Å². The van der Waals surface area contributed by atoms with Gasteiger partial charge in [-0.3, -0.25) is 0 Å². The largest absolute Gasteiger partial charge is 0.449 e. The van der Waals surface area contributed by atoms with E-state index in [0.29, 0.717) is 37.5 Å². The highest BCUT2D eigenvalue weighted by Gasteiger charge is 2.23. The van der Waals surface area contributed by atoms with E-state index in [0.717, 1.165) is 4.47 Å². The summed E-state index contributed by atoms with van der Waals surface area (Å²) in [5, 5.41) is 1.11. The molecule has 0 N–H and O–H groups in total. The molecule has 0 aliphatic carbocycles. The van der Waals surface area contributed by atoms with E-state index in [4.69, 9.17) is 32.7 Å². The second kappa shape index (κ2) is 4.60. The van der Waals surface area contributed by atoms with Crippen molar-refractivity contribution in [1.82, 2.24) is 0 Å². The highest BCUT2D eigenvalue weighted by atomic mass is 79.9. The summed E-state index contributed by atoms with van der Waals surface area (Å²) >= 11 is 18.8. The van der Waals surface area contributed by atoms with Crippen LogP contribution in [0.15, 0.2) is 33.2 Å². The first-order chi connectivity index (χ1) is 8.56. The SMILES string of the molecule is Clc1cc2c(cc1Br)Oc1ccc(Cl)c(Br)c1O2. The highest BCUT2D eigenvalue weighted by Crippen LogP contribution is 2.51.